The van der Waals surface area contributed by atoms with Crippen molar-refractivity contribution in [1.29, 1.82) is 0 Å². The molecule has 7 heteroatoms. The highest BCUT2D eigenvalue weighted by atomic mass is 79.9. The maximum absolute atomic E-state index is 14.2. The van der Waals surface area contributed by atoms with Crippen molar-refractivity contribution in [1.82, 2.24) is 4.31 Å². The maximum atomic E-state index is 14.2. The van der Waals surface area contributed by atoms with Crippen molar-refractivity contribution in [2.24, 2.45) is 0 Å². The van der Waals surface area contributed by atoms with Crippen LogP contribution < -0.4 is 5.73 Å². The first-order valence-corrected chi connectivity index (χ1v) is 8.80. The molecule has 0 aromatic heterocycles. The van der Waals surface area contributed by atoms with Crippen LogP contribution in [0.2, 0.25) is 0 Å². The van der Waals surface area contributed by atoms with E-state index in [1.54, 1.807) is 0 Å². The number of anilines is 1. The lowest BCUT2D eigenvalue weighted by Gasteiger charge is -2.27. The van der Waals surface area contributed by atoms with Gasteiger partial charge in [0.1, 0.15) is 4.90 Å². The molecular formula is C13H18BrFN2O2S. The first kappa shape index (κ1) is 15.7. The molecule has 1 aromatic rings. The standard InChI is InChI=1S/C13H18BrFN2O2S/c1-3-10-5-4-8(2)17(10)20(18,19)12-7-9(16)6-11(14)13(12)15/h6-8,10H,3-5,16H2,1-2H3. The van der Waals surface area contributed by atoms with Crippen molar-refractivity contribution < 1.29 is 12.8 Å². The quantitative estimate of drug-likeness (QED) is 0.838. The lowest BCUT2D eigenvalue weighted by Crippen LogP contribution is -2.40. The Kier molecular flexibility index (Phi) is 4.41. The van der Waals surface area contributed by atoms with E-state index < -0.39 is 15.8 Å². The molecule has 1 aliphatic rings. The molecule has 2 rings (SSSR count). The van der Waals surface area contributed by atoms with Crippen LogP contribution in [0.3, 0.4) is 0 Å². The molecule has 0 bridgehead atoms. The molecule has 2 N–H and O–H groups in total. The summed E-state index contributed by atoms with van der Waals surface area (Å²) in [6.45, 7) is 3.79. The Bertz CT molecular complexity index is 621. The smallest absolute Gasteiger partial charge is 0.246 e. The molecule has 0 radical (unpaired) electrons. The van der Waals surface area contributed by atoms with E-state index in [4.69, 9.17) is 5.73 Å². The Morgan fingerprint density at radius 1 is 1.45 bits per heavy atom. The third kappa shape index (κ3) is 2.58. The van der Waals surface area contributed by atoms with Gasteiger partial charge in [0.2, 0.25) is 10.0 Å². The van der Waals surface area contributed by atoms with Crippen LogP contribution in [-0.2, 0) is 10.0 Å². The molecular weight excluding hydrogens is 347 g/mol. The number of benzene rings is 1. The van der Waals surface area contributed by atoms with Gasteiger partial charge in [-0.05, 0) is 54.2 Å². The summed E-state index contributed by atoms with van der Waals surface area (Å²) in [4.78, 5) is -0.350. The third-order valence-electron chi connectivity index (χ3n) is 3.76. The van der Waals surface area contributed by atoms with Gasteiger partial charge < -0.3 is 5.73 Å². The van der Waals surface area contributed by atoms with Crippen molar-refractivity contribution >= 4 is 31.6 Å². The van der Waals surface area contributed by atoms with Crippen LogP contribution in [0.4, 0.5) is 10.1 Å². The number of rotatable bonds is 3. The van der Waals surface area contributed by atoms with Crippen LogP contribution in [0.5, 0.6) is 0 Å². The Morgan fingerprint density at radius 2 is 2.10 bits per heavy atom. The van der Waals surface area contributed by atoms with Crippen molar-refractivity contribution in [3.8, 4) is 0 Å². The molecule has 0 spiro atoms. The van der Waals surface area contributed by atoms with Gasteiger partial charge in [0.25, 0.3) is 0 Å². The first-order valence-electron chi connectivity index (χ1n) is 6.57. The van der Waals surface area contributed by atoms with Crippen LogP contribution in [-0.4, -0.2) is 24.8 Å². The minimum absolute atomic E-state index is 0.0657. The maximum Gasteiger partial charge on any atom is 0.246 e. The van der Waals surface area contributed by atoms with E-state index in [0.29, 0.717) is 6.42 Å². The largest absolute Gasteiger partial charge is 0.399 e. The zero-order valence-electron chi connectivity index (χ0n) is 11.4. The number of nitrogens with zero attached hydrogens (tertiary/aromatic N) is 1. The zero-order valence-corrected chi connectivity index (χ0v) is 13.8. The molecule has 4 nitrogen and oxygen atoms in total. The van der Waals surface area contributed by atoms with Gasteiger partial charge >= 0.3 is 0 Å². The van der Waals surface area contributed by atoms with Gasteiger partial charge in [-0.3, -0.25) is 0 Å². The summed E-state index contributed by atoms with van der Waals surface area (Å²) in [7, 11) is -3.88. The Labute approximate surface area is 127 Å². The Balaban J connectivity index is 2.55. The number of hydrogen-bond donors (Lipinski definition) is 1. The zero-order chi connectivity index (χ0) is 15.1. The van der Waals surface area contributed by atoms with E-state index in [1.807, 2.05) is 13.8 Å². The monoisotopic (exact) mass is 364 g/mol. The highest BCUT2D eigenvalue weighted by Gasteiger charge is 2.40. The normalized spacial score (nSPS) is 24.2. The Hall–Kier alpha value is -0.660. The van der Waals surface area contributed by atoms with E-state index in [-0.39, 0.29) is 27.1 Å². The number of nitrogen functional groups attached to an aromatic ring is 1. The molecule has 1 saturated heterocycles. The second-order valence-electron chi connectivity index (χ2n) is 5.14. The minimum atomic E-state index is -3.88. The molecule has 0 aliphatic carbocycles. The van der Waals surface area contributed by atoms with Crippen LogP contribution in [0, 0.1) is 5.82 Å². The molecule has 0 saturated carbocycles. The molecule has 112 valence electrons. The Morgan fingerprint density at radius 3 is 2.70 bits per heavy atom. The van der Waals surface area contributed by atoms with Crippen molar-refractivity contribution in [2.75, 3.05) is 5.73 Å². The van der Waals surface area contributed by atoms with E-state index >= 15 is 0 Å². The van der Waals surface area contributed by atoms with E-state index in [1.165, 1.54) is 16.4 Å². The fraction of sp³-hybridized carbons (Fsp3) is 0.538. The molecule has 1 aromatic carbocycles. The van der Waals surface area contributed by atoms with Crippen molar-refractivity contribution in [3.63, 3.8) is 0 Å². The van der Waals surface area contributed by atoms with Crippen molar-refractivity contribution in [3.05, 3.63) is 22.4 Å². The summed E-state index contributed by atoms with van der Waals surface area (Å²) >= 11 is 3.01. The summed E-state index contributed by atoms with van der Waals surface area (Å²) in [5.74, 6) is -0.784. The molecule has 2 unspecified atom stereocenters. The highest BCUT2D eigenvalue weighted by Crippen LogP contribution is 2.35. The van der Waals surface area contributed by atoms with Crippen LogP contribution in [0.15, 0.2) is 21.5 Å². The van der Waals surface area contributed by atoms with Gasteiger partial charge in [0, 0.05) is 17.8 Å². The molecule has 1 heterocycles. The summed E-state index contributed by atoms with van der Waals surface area (Å²) in [5, 5.41) is 0. The summed E-state index contributed by atoms with van der Waals surface area (Å²) in [6.07, 6.45) is 2.32. The van der Waals surface area contributed by atoms with Crippen LogP contribution in [0.1, 0.15) is 33.1 Å². The third-order valence-corrected chi connectivity index (χ3v) is 6.40. The highest BCUT2D eigenvalue weighted by molar-refractivity contribution is 9.10. The van der Waals surface area contributed by atoms with Gasteiger partial charge in [-0.2, -0.15) is 4.31 Å². The topological polar surface area (TPSA) is 63.4 Å². The number of sulfonamides is 1. The fourth-order valence-corrected chi connectivity index (χ4v) is 5.43. The SMILES string of the molecule is CCC1CCC(C)N1S(=O)(=O)c1cc(N)cc(Br)c1F. The second kappa shape index (κ2) is 5.61. The van der Waals surface area contributed by atoms with Crippen LogP contribution in [0.25, 0.3) is 0 Å². The van der Waals surface area contributed by atoms with E-state index in [9.17, 15) is 12.8 Å². The summed E-state index contributed by atoms with van der Waals surface area (Å²) in [5.41, 5.74) is 5.87. The molecule has 2 atom stereocenters. The summed E-state index contributed by atoms with van der Waals surface area (Å²) < 4.78 is 41.2. The van der Waals surface area contributed by atoms with Crippen molar-refractivity contribution in [2.45, 2.75) is 50.1 Å². The van der Waals surface area contributed by atoms with Gasteiger partial charge in [-0.15, -0.1) is 0 Å². The molecule has 1 aliphatic heterocycles. The van der Waals surface area contributed by atoms with Gasteiger partial charge in [0.15, 0.2) is 5.82 Å². The summed E-state index contributed by atoms with van der Waals surface area (Å²) in [6, 6.07) is 2.35. The van der Waals surface area contributed by atoms with Gasteiger partial charge in [-0.1, -0.05) is 6.92 Å². The van der Waals surface area contributed by atoms with Gasteiger partial charge in [-0.25, -0.2) is 12.8 Å². The first-order chi connectivity index (χ1) is 9.28. The predicted octanol–water partition coefficient (Wildman–Crippen LogP) is 3.12. The lowest BCUT2D eigenvalue weighted by atomic mass is 10.2. The lowest BCUT2D eigenvalue weighted by molar-refractivity contribution is 0.327. The fourth-order valence-electron chi connectivity index (χ4n) is 2.75. The second-order valence-corrected chi connectivity index (χ2v) is 7.80. The number of hydrogen-bond acceptors (Lipinski definition) is 3. The van der Waals surface area contributed by atoms with E-state index in [2.05, 4.69) is 15.9 Å². The molecule has 20 heavy (non-hydrogen) atoms. The molecule has 0 amide bonds. The van der Waals surface area contributed by atoms with Crippen LogP contribution >= 0.6 is 15.9 Å². The average molecular weight is 365 g/mol. The number of halogens is 2. The van der Waals surface area contributed by atoms with Gasteiger partial charge in [0.05, 0.1) is 4.47 Å². The molecule has 1 fully saturated rings. The van der Waals surface area contributed by atoms with E-state index in [0.717, 1.165) is 12.8 Å². The number of nitrogens with two attached hydrogens (primary N) is 1. The average Bonchev–Trinajstić information content (AvgIpc) is 2.75. The predicted molar refractivity (Wildman–Crippen MR) is 80.3 cm³/mol. The minimum Gasteiger partial charge on any atom is -0.399 e.